The van der Waals surface area contributed by atoms with E-state index in [0.717, 1.165) is 12.1 Å². The van der Waals surface area contributed by atoms with E-state index >= 15 is 0 Å². The lowest BCUT2D eigenvalue weighted by atomic mass is 10.2. The Kier molecular flexibility index (Phi) is 5.57. The average molecular weight is 402 g/mol. The van der Waals surface area contributed by atoms with Gasteiger partial charge in [-0.3, -0.25) is 4.79 Å². The molecule has 0 unspecified atom stereocenters. The van der Waals surface area contributed by atoms with Crippen LogP contribution in [-0.2, 0) is 6.18 Å². The van der Waals surface area contributed by atoms with Crippen LogP contribution in [0.4, 0.5) is 18.9 Å². The summed E-state index contributed by atoms with van der Waals surface area (Å²) >= 11 is 17.4. The molecule has 24 heavy (non-hydrogen) atoms. The molecule has 2 N–H and O–H groups in total. The van der Waals surface area contributed by atoms with Crippen molar-refractivity contribution in [3.8, 4) is 0 Å². The van der Waals surface area contributed by atoms with Crippen molar-refractivity contribution < 1.29 is 22.4 Å². The first-order valence-corrected chi connectivity index (χ1v) is 7.55. The number of rotatable bonds is 4. The van der Waals surface area contributed by atoms with Crippen LogP contribution in [0.3, 0.4) is 0 Å². The SMILES string of the molecule is O=C(N[C@@H](Nc1cccc(C(F)(F)F)c1)C(Cl)(Cl)Cl)c1ccco1. The van der Waals surface area contributed by atoms with Crippen LogP contribution in [0.1, 0.15) is 16.1 Å². The standard InChI is InChI=1S/C14H10Cl3F3N2O2/c15-13(16,17)12(22-11(23)10-5-2-6-24-10)21-9-4-1-3-8(7-9)14(18,19)20/h1-7,12,21H,(H,22,23)/t12-/m1/s1. The van der Waals surface area contributed by atoms with E-state index in [9.17, 15) is 18.0 Å². The quantitative estimate of drug-likeness (QED) is 0.569. The van der Waals surface area contributed by atoms with Crippen molar-refractivity contribution in [3.05, 3.63) is 54.0 Å². The number of nitrogens with one attached hydrogen (secondary N) is 2. The van der Waals surface area contributed by atoms with E-state index < -0.39 is 27.6 Å². The maximum absolute atomic E-state index is 12.7. The largest absolute Gasteiger partial charge is 0.459 e. The van der Waals surface area contributed by atoms with E-state index in [1.807, 2.05) is 0 Å². The molecule has 0 radical (unpaired) electrons. The molecule has 0 bridgehead atoms. The molecule has 0 aliphatic heterocycles. The first-order valence-electron chi connectivity index (χ1n) is 6.42. The van der Waals surface area contributed by atoms with Crippen molar-refractivity contribution in [3.63, 3.8) is 0 Å². The van der Waals surface area contributed by atoms with Gasteiger partial charge in [-0.1, -0.05) is 40.9 Å². The minimum atomic E-state index is -4.52. The highest BCUT2D eigenvalue weighted by atomic mass is 35.6. The number of carbonyl (C=O) groups is 1. The zero-order valence-electron chi connectivity index (χ0n) is 11.7. The molecular formula is C14H10Cl3F3N2O2. The lowest BCUT2D eigenvalue weighted by molar-refractivity contribution is -0.137. The summed E-state index contributed by atoms with van der Waals surface area (Å²) in [6, 6.07) is 7.14. The van der Waals surface area contributed by atoms with Gasteiger partial charge in [-0.25, -0.2) is 0 Å². The first kappa shape index (κ1) is 18.8. The van der Waals surface area contributed by atoms with Gasteiger partial charge >= 0.3 is 6.18 Å². The molecule has 2 aromatic rings. The van der Waals surface area contributed by atoms with Gasteiger partial charge in [0.05, 0.1) is 11.8 Å². The predicted octanol–water partition coefficient (Wildman–Crippen LogP) is 4.84. The Balaban J connectivity index is 2.19. The molecule has 1 atom stereocenters. The third kappa shape index (κ3) is 4.96. The van der Waals surface area contributed by atoms with Gasteiger partial charge in [0.15, 0.2) is 5.76 Å². The summed E-state index contributed by atoms with van der Waals surface area (Å²) in [5, 5.41) is 4.90. The summed E-state index contributed by atoms with van der Waals surface area (Å²) in [4.78, 5) is 12.0. The predicted molar refractivity (Wildman–Crippen MR) is 85.3 cm³/mol. The molecule has 130 valence electrons. The van der Waals surface area contributed by atoms with Gasteiger partial charge in [-0.2, -0.15) is 13.2 Å². The maximum atomic E-state index is 12.7. The molecule has 0 fully saturated rings. The van der Waals surface area contributed by atoms with Gasteiger partial charge in [0.1, 0.15) is 6.17 Å². The van der Waals surface area contributed by atoms with Crippen LogP contribution in [0.15, 0.2) is 47.1 Å². The molecule has 0 aliphatic carbocycles. The van der Waals surface area contributed by atoms with Gasteiger partial charge < -0.3 is 15.1 Å². The van der Waals surface area contributed by atoms with Crippen LogP contribution in [0.2, 0.25) is 0 Å². The molecule has 1 amide bonds. The van der Waals surface area contributed by atoms with Crippen molar-refractivity contribution in [2.75, 3.05) is 5.32 Å². The highest BCUT2D eigenvalue weighted by Crippen LogP contribution is 2.34. The van der Waals surface area contributed by atoms with E-state index in [0.29, 0.717) is 0 Å². The fourth-order valence-electron chi connectivity index (χ4n) is 1.76. The average Bonchev–Trinajstić information content (AvgIpc) is 2.99. The van der Waals surface area contributed by atoms with E-state index in [1.165, 1.54) is 30.5 Å². The van der Waals surface area contributed by atoms with E-state index in [1.54, 1.807) is 0 Å². The molecule has 1 aromatic carbocycles. The van der Waals surface area contributed by atoms with Crippen LogP contribution in [0.25, 0.3) is 0 Å². The number of hydrogen-bond donors (Lipinski definition) is 2. The molecular weight excluding hydrogens is 392 g/mol. The van der Waals surface area contributed by atoms with Crippen molar-refractivity contribution >= 4 is 46.4 Å². The summed E-state index contributed by atoms with van der Waals surface area (Å²) in [6.45, 7) is 0. The maximum Gasteiger partial charge on any atom is 0.416 e. The molecule has 2 rings (SSSR count). The topological polar surface area (TPSA) is 54.3 Å². The smallest absolute Gasteiger partial charge is 0.416 e. The number of alkyl halides is 6. The third-order valence-electron chi connectivity index (χ3n) is 2.85. The Labute approximate surface area is 149 Å². The Morgan fingerprint density at radius 2 is 1.83 bits per heavy atom. The highest BCUT2D eigenvalue weighted by Gasteiger charge is 2.35. The summed E-state index contributed by atoms with van der Waals surface area (Å²) < 4.78 is 41.1. The number of hydrogen-bond acceptors (Lipinski definition) is 3. The Hall–Kier alpha value is -1.57. The number of anilines is 1. The molecule has 0 aliphatic rings. The normalized spacial score (nSPS) is 13.4. The fourth-order valence-corrected chi connectivity index (χ4v) is 2.09. The van der Waals surface area contributed by atoms with E-state index in [-0.39, 0.29) is 11.4 Å². The van der Waals surface area contributed by atoms with Gasteiger partial charge in [-0.05, 0) is 30.3 Å². The molecule has 0 saturated heterocycles. The second-order valence-corrected chi connectivity index (χ2v) is 7.02. The second kappa shape index (κ2) is 7.13. The molecule has 0 spiro atoms. The number of benzene rings is 1. The summed E-state index contributed by atoms with van der Waals surface area (Å²) in [5.41, 5.74) is -0.867. The van der Waals surface area contributed by atoms with Crippen molar-refractivity contribution in [2.45, 2.75) is 16.1 Å². The second-order valence-electron chi connectivity index (χ2n) is 4.65. The lowest BCUT2D eigenvalue weighted by Gasteiger charge is -2.27. The molecule has 4 nitrogen and oxygen atoms in total. The minimum Gasteiger partial charge on any atom is -0.459 e. The first-order chi connectivity index (χ1) is 11.1. The van der Waals surface area contributed by atoms with Crippen LogP contribution in [0.5, 0.6) is 0 Å². The molecule has 1 aromatic heterocycles. The lowest BCUT2D eigenvalue weighted by Crippen LogP contribution is -2.49. The highest BCUT2D eigenvalue weighted by molar-refractivity contribution is 6.68. The summed E-state index contributed by atoms with van der Waals surface area (Å²) in [5.74, 6) is -0.740. The van der Waals surface area contributed by atoms with Crippen molar-refractivity contribution in [2.24, 2.45) is 0 Å². The molecule has 1 heterocycles. The van der Waals surface area contributed by atoms with Gasteiger partial charge in [0.2, 0.25) is 3.79 Å². The van der Waals surface area contributed by atoms with Crippen LogP contribution in [-0.4, -0.2) is 15.9 Å². The zero-order valence-corrected chi connectivity index (χ0v) is 14.0. The van der Waals surface area contributed by atoms with Crippen molar-refractivity contribution in [1.29, 1.82) is 0 Å². The van der Waals surface area contributed by atoms with Gasteiger partial charge in [-0.15, -0.1) is 0 Å². The van der Waals surface area contributed by atoms with Crippen LogP contribution >= 0.6 is 34.8 Å². The molecule has 0 saturated carbocycles. The van der Waals surface area contributed by atoms with E-state index in [2.05, 4.69) is 10.6 Å². The monoisotopic (exact) mass is 400 g/mol. The Bertz CT molecular complexity index is 700. The summed E-state index contributed by atoms with van der Waals surface area (Å²) in [7, 11) is 0. The summed E-state index contributed by atoms with van der Waals surface area (Å²) in [6.07, 6.45) is -4.55. The number of halogens is 6. The number of furan rings is 1. The van der Waals surface area contributed by atoms with E-state index in [4.69, 9.17) is 39.2 Å². The Morgan fingerprint density at radius 3 is 2.38 bits per heavy atom. The molecule has 10 heteroatoms. The van der Waals surface area contributed by atoms with Crippen LogP contribution < -0.4 is 10.6 Å². The fraction of sp³-hybridized carbons (Fsp3) is 0.214. The van der Waals surface area contributed by atoms with Gasteiger partial charge in [0, 0.05) is 5.69 Å². The van der Waals surface area contributed by atoms with Crippen molar-refractivity contribution in [1.82, 2.24) is 5.32 Å². The number of carbonyl (C=O) groups excluding carboxylic acids is 1. The van der Waals surface area contributed by atoms with Gasteiger partial charge in [0.25, 0.3) is 5.91 Å². The zero-order chi connectivity index (χ0) is 18.0. The minimum absolute atomic E-state index is 0.0147. The number of amides is 1. The third-order valence-corrected chi connectivity index (χ3v) is 3.50. The van der Waals surface area contributed by atoms with Crippen LogP contribution in [0, 0.1) is 0 Å². The Morgan fingerprint density at radius 1 is 1.12 bits per heavy atom.